The molecule has 1 heteroatoms. The first-order chi connectivity index (χ1) is 16.4. The Morgan fingerprint density at radius 2 is 1.27 bits per heavy atom. The van der Waals surface area contributed by atoms with Crippen LogP contribution in [0.2, 0.25) is 0 Å². The van der Waals surface area contributed by atoms with Crippen LogP contribution in [0, 0.1) is 0 Å². The van der Waals surface area contributed by atoms with Crippen LogP contribution in [-0.2, 0) is 0 Å². The fraction of sp³-hybridized carbons (Fsp3) is 0.0625. The van der Waals surface area contributed by atoms with Crippen LogP contribution in [-0.4, -0.2) is 6.61 Å². The van der Waals surface area contributed by atoms with Crippen LogP contribution < -0.4 is 4.74 Å². The zero-order valence-electron chi connectivity index (χ0n) is 18.2. The Hall–Kier alpha value is -4.10. The van der Waals surface area contributed by atoms with Crippen LogP contribution in [0.15, 0.2) is 103 Å². The Balaban J connectivity index is 1.57. The summed E-state index contributed by atoms with van der Waals surface area (Å²) in [6.07, 6.45) is 3.32. The molecule has 0 bridgehead atoms. The largest absolute Gasteiger partial charge is 0.493 e. The van der Waals surface area contributed by atoms with E-state index >= 15 is 0 Å². The van der Waals surface area contributed by atoms with Crippen molar-refractivity contribution >= 4 is 44.3 Å². The maximum absolute atomic E-state index is 6.09. The number of allylic oxidation sites excluding steroid dienone is 2. The third-order valence-corrected chi connectivity index (χ3v) is 6.98. The topological polar surface area (TPSA) is 9.23 Å². The molecule has 0 saturated heterocycles. The first-order valence-corrected chi connectivity index (χ1v) is 11.6. The van der Waals surface area contributed by atoms with Gasteiger partial charge in [-0.1, -0.05) is 97.1 Å². The molecule has 1 aliphatic heterocycles. The normalized spacial score (nSPS) is 15.8. The van der Waals surface area contributed by atoms with Crippen molar-refractivity contribution < 1.29 is 4.74 Å². The van der Waals surface area contributed by atoms with Gasteiger partial charge in [0.05, 0.1) is 6.61 Å². The third-order valence-electron chi connectivity index (χ3n) is 6.98. The molecule has 0 unspecified atom stereocenters. The van der Waals surface area contributed by atoms with E-state index in [4.69, 9.17) is 4.74 Å². The first kappa shape index (κ1) is 18.5. The SMILES string of the molecule is C(=C1C(c2cccc3ccccc23)=C2CCOc3cccc1c32)c1cccc2ccccc12. The van der Waals surface area contributed by atoms with Gasteiger partial charge in [0.25, 0.3) is 0 Å². The molecule has 5 aromatic rings. The Labute approximate surface area is 193 Å². The minimum absolute atomic E-state index is 0.724. The first-order valence-electron chi connectivity index (χ1n) is 11.6. The highest BCUT2D eigenvalue weighted by Crippen LogP contribution is 2.54. The molecule has 7 rings (SSSR count). The van der Waals surface area contributed by atoms with Crippen LogP contribution in [0.25, 0.3) is 44.3 Å². The maximum atomic E-state index is 6.09. The number of fused-ring (bicyclic) bond motifs is 2. The zero-order valence-corrected chi connectivity index (χ0v) is 18.2. The van der Waals surface area contributed by atoms with E-state index in [1.165, 1.54) is 60.5 Å². The predicted octanol–water partition coefficient (Wildman–Crippen LogP) is 8.24. The molecule has 1 aliphatic carbocycles. The Kier molecular flexibility index (Phi) is 4.04. The van der Waals surface area contributed by atoms with Gasteiger partial charge in [-0.2, -0.15) is 0 Å². The number of ether oxygens (including phenoxy) is 1. The predicted molar refractivity (Wildman–Crippen MR) is 139 cm³/mol. The van der Waals surface area contributed by atoms with Crippen molar-refractivity contribution in [3.63, 3.8) is 0 Å². The Bertz CT molecular complexity index is 1620. The molecular weight excluding hydrogens is 400 g/mol. The summed E-state index contributed by atoms with van der Waals surface area (Å²) in [5.74, 6) is 1.01. The van der Waals surface area contributed by atoms with Crippen molar-refractivity contribution in [2.24, 2.45) is 0 Å². The minimum atomic E-state index is 0.724. The molecule has 0 saturated carbocycles. The van der Waals surface area contributed by atoms with Gasteiger partial charge in [0.2, 0.25) is 0 Å². The highest BCUT2D eigenvalue weighted by molar-refractivity contribution is 6.28. The van der Waals surface area contributed by atoms with Gasteiger partial charge in [-0.3, -0.25) is 0 Å². The van der Waals surface area contributed by atoms with Gasteiger partial charge in [0.15, 0.2) is 0 Å². The zero-order chi connectivity index (χ0) is 21.8. The summed E-state index contributed by atoms with van der Waals surface area (Å²) in [6, 6.07) is 37.1. The molecule has 33 heavy (non-hydrogen) atoms. The molecule has 1 nitrogen and oxygen atoms in total. The lowest BCUT2D eigenvalue weighted by atomic mass is 9.89. The van der Waals surface area contributed by atoms with Crippen LogP contribution in [0.1, 0.15) is 28.7 Å². The van der Waals surface area contributed by atoms with Crippen molar-refractivity contribution in [1.29, 1.82) is 0 Å². The molecule has 2 aliphatic rings. The van der Waals surface area contributed by atoms with Crippen molar-refractivity contribution in [3.05, 3.63) is 125 Å². The number of benzene rings is 5. The summed E-state index contributed by atoms with van der Waals surface area (Å²) in [7, 11) is 0. The fourth-order valence-electron chi connectivity index (χ4n) is 5.56. The molecule has 0 spiro atoms. The standard InChI is InChI=1S/C32H22O/c1-3-13-24-21(8-1)10-5-12-23(24)20-29-27-16-7-17-30-32(27)28(18-19-33-30)31(29)26-15-6-11-22-9-2-4-14-25(22)26/h1-17,20H,18-19H2. The second-order valence-electron chi connectivity index (χ2n) is 8.78. The van der Waals surface area contributed by atoms with Gasteiger partial charge < -0.3 is 4.74 Å². The summed E-state index contributed by atoms with van der Waals surface area (Å²) in [5.41, 5.74) is 9.16. The molecule has 5 aromatic carbocycles. The Morgan fingerprint density at radius 3 is 2.15 bits per heavy atom. The smallest absolute Gasteiger partial charge is 0.127 e. The molecule has 0 aromatic heterocycles. The van der Waals surface area contributed by atoms with Gasteiger partial charge in [-0.25, -0.2) is 0 Å². The van der Waals surface area contributed by atoms with Crippen LogP contribution >= 0.6 is 0 Å². The summed E-state index contributed by atoms with van der Waals surface area (Å²) in [4.78, 5) is 0. The highest BCUT2D eigenvalue weighted by Gasteiger charge is 2.32. The van der Waals surface area contributed by atoms with Crippen molar-refractivity contribution in [1.82, 2.24) is 0 Å². The lowest BCUT2D eigenvalue weighted by Crippen LogP contribution is -2.07. The highest BCUT2D eigenvalue weighted by atomic mass is 16.5. The molecule has 1 heterocycles. The second-order valence-corrected chi connectivity index (χ2v) is 8.78. The van der Waals surface area contributed by atoms with Gasteiger partial charge in [-0.15, -0.1) is 0 Å². The lowest BCUT2D eigenvalue weighted by Gasteiger charge is -2.19. The van der Waals surface area contributed by atoms with Gasteiger partial charge in [-0.05, 0) is 67.1 Å². The number of rotatable bonds is 2. The van der Waals surface area contributed by atoms with E-state index in [2.05, 4.69) is 109 Å². The molecule has 156 valence electrons. The fourth-order valence-corrected chi connectivity index (χ4v) is 5.56. The van der Waals surface area contributed by atoms with E-state index in [1.54, 1.807) is 0 Å². The molecule has 0 N–H and O–H groups in total. The average molecular weight is 423 g/mol. The van der Waals surface area contributed by atoms with E-state index in [0.29, 0.717) is 0 Å². The number of hydrogen-bond acceptors (Lipinski definition) is 1. The molecule has 0 amide bonds. The monoisotopic (exact) mass is 422 g/mol. The van der Waals surface area contributed by atoms with E-state index in [9.17, 15) is 0 Å². The van der Waals surface area contributed by atoms with Crippen LogP contribution in [0.5, 0.6) is 5.75 Å². The van der Waals surface area contributed by atoms with Crippen LogP contribution in [0.4, 0.5) is 0 Å². The summed E-state index contributed by atoms with van der Waals surface area (Å²) in [5, 5.41) is 5.12. The van der Waals surface area contributed by atoms with Crippen molar-refractivity contribution in [2.45, 2.75) is 6.42 Å². The van der Waals surface area contributed by atoms with Gasteiger partial charge in [0, 0.05) is 12.0 Å². The molecule has 0 fully saturated rings. The van der Waals surface area contributed by atoms with Crippen molar-refractivity contribution in [2.75, 3.05) is 6.61 Å². The average Bonchev–Trinajstić information content (AvgIpc) is 3.19. The summed E-state index contributed by atoms with van der Waals surface area (Å²) in [6.45, 7) is 0.724. The van der Waals surface area contributed by atoms with E-state index < -0.39 is 0 Å². The quantitative estimate of drug-likeness (QED) is 0.278. The molecule has 0 radical (unpaired) electrons. The maximum Gasteiger partial charge on any atom is 0.127 e. The van der Waals surface area contributed by atoms with Gasteiger partial charge in [0.1, 0.15) is 5.75 Å². The Morgan fingerprint density at radius 1 is 0.606 bits per heavy atom. The second kappa shape index (κ2) is 7.21. The summed E-state index contributed by atoms with van der Waals surface area (Å²) < 4.78 is 6.09. The van der Waals surface area contributed by atoms with Crippen LogP contribution in [0.3, 0.4) is 0 Å². The lowest BCUT2D eigenvalue weighted by molar-refractivity contribution is 0.317. The van der Waals surface area contributed by atoms with E-state index in [0.717, 1.165) is 18.8 Å². The summed E-state index contributed by atoms with van der Waals surface area (Å²) >= 11 is 0. The van der Waals surface area contributed by atoms with Crippen molar-refractivity contribution in [3.8, 4) is 5.75 Å². The molecule has 0 atom stereocenters. The third kappa shape index (κ3) is 2.79. The van der Waals surface area contributed by atoms with E-state index in [-0.39, 0.29) is 0 Å². The molecular formula is C32H22O. The minimum Gasteiger partial charge on any atom is -0.493 e. The van der Waals surface area contributed by atoms with Gasteiger partial charge >= 0.3 is 0 Å². The number of hydrogen-bond donors (Lipinski definition) is 0. The van der Waals surface area contributed by atoms with E-state index in [1.807, 2.05) is 0 Å².